The van der Waals surface area contributed by atoms with Gasteiger partial charge in [0.1, 0.15) is 30.5 Å². The van der Waals surface area contributed by atoms with Crippen molar-refractivity contribution >= 4 is 16.3 Å². The summed E-state index contributed by atoms with van der Waals surface area (Å²) in [5, 5.41) is 54.9. The molecule has 1 rings (SSSR count). The van der Waals surface area contributed by atoms with Crippen molar-refractivity contribution in [2.24, 2.45) is 0 Å². The fourth-order valence-electron chi connectivity index (χ4n) is 6.58. The summed E-state index contributed by atoms with van der Waals surface area (Å²) >= 11 is 0. The monoisotopic (exact) mass is 782 g/mol. The number of hydrogen-bond donors (Lipinski definition) is 7. The fraction of sp³-hybridized carbons (Fsp3) is 0.923. The Morgan fingerprint density at radius 3 is 1.70 bits per heavy atom. The van der Waals surface area contributed by atoms with Gasteiger partial charge in [0.15, 0.2) is 6.29 Å². The highest BCUT2D eigenvalue weighted by Gasteiger charge is 2.48. The third-order valence-corrected chi connectivity index (χ3v) is 10.4. The van der Waals surface area contributed by atoms with Gasteiger partial charge in [-0.3, -0.25) is 9.35 Å². The maximum atomic E-state index is 13.0. The number of aliphatic hydroxyl groups excluding tert-OH is 5. The van der Waals surface area contributed by atoms with Gasteiger partial charge in [0.25, 0.3) is 0 Å². The van der Waals surface area contributed by atoms with Gasteiger partial charge in [-0.05, 0) is 19.3 Å². The number of aliphatic hydroxyl groups is 5. The lowest BCUT2D eigenvalue weighted by Crippen LogP contribution is -2.61. The molecule has 0 saturated carbocycles. The molecule has 13 nitrogen and oxygen atoms in total. The third kappa shape index (κ3) is 24.1. The second-order valence-electron chi connectivity index (χ2n) is 14.7. The van der Waals surface area contributed by atoms with Crippen LogP contribution in [0.4, 0.5) is 0 Å². The molecule has 1 heterocycles. The van der Waals surface area contributed by atoms with E-state index < -0.39 is 78.5 Å². The second kappa shape index (κ2) is 31.0. The summed E-state index contributed by atoms with van der Waals surface area (Å²) < 4.78 is 47.3. The molecule has 1 saturated heterocycles. The molecular formula is C39H75NO12S. The SMILES string of the molecule is CCCCCCCCCCCC/C=C/C(O)C(COC1OC(CO)C(O)C(OS(=O)(=O)O)C1O)NC(=O)C(O)CCCCCCCCCCCCCC. The Labute approximate surface area is 320 Å². The highest BCUT2D eigenvalue weighted by atomic mass is 32.3. The van der Waals surface area contributed by atoms with Crippen LogP contribution < -0.4 is 5.32 Å². The van der Waals surface area contributed by atoms with Crippen LogP contribution in [0.1, 0.15) is 168 Å². The molecule has 8 unspecified atom stereocenters. The van der Waals surface area contributed by atoms with Crippen molar-refractivity contribution in [1.29, 1.82) is 0 Å². The normalized spacial score (nSPS) is 22.6. The van der Waals surface area contributed by atoms with Crippen LogP contribution in [0, 0.1) is 0 Å². The molecule has 14 heteroatoms. The van der Waals surface area contributed by atoms with Gasteiger partial charge < -0.3 is 40.3 Å². The predicted molar refractivity (Wildman–Crippen MR) is 205 cm³/mol. The maximum Gasteiger partial charge on any atom is 0.397 e. The van der Waals surface area contributed by atoms with Gasteiger partial charge in [-0.1, -0.05) is 161 Å². The van der Waals surface area contributed by atoms with Crippen LogP contribution in [0.15, 0.2) is 12.2 Å². The standard InChI is InChI=1S/C39H75NO12S/c1-3-5-7-9-11-13-15-17-19-21-23-25-27-32(42)31(30-50-39-36(45)37(52-53(47,48)49)35(44)34(29-41)51-39)40-38(46)33(43)28-26-24-22-20-18-16-14-12-10-8-6-4-2/h25,27,31-37,39,41-45H,3-24,26,28-30H2,1-2H3,(H,40,46)(H,47,48,49)/b27-25+. The van der Waals surface area contributed by atoms with Gasteiger partial charge in [-0.2, -0.15) is 8.42 Å². The Morgan fingerprint density at radius 1 is 0.755 bits per heavy atom. The smallest absolute Gasteiger partial charge is 0.394 e. The predicted octanol–water partition coefficient (Wildman–Crippen LogP) is 5.80. The summed E-state index contributed by atoms with van der Waals surface area (Å²) in [4.78, 5) is 13.0. The van der Waals surface area contributed by atoms with E-state index in [0.29, 0.717) is 12.8 Å². The Kier molecular flexibility index (Phi) is 29.1. The summed E-state index contributed by atoms with van der Waals surface area (Å²) in [7, 11) is -5.11. The van der Waals surface area contributed by atoms with E-state index in [1.165, 1.54) is 102 Å². The Hall–Kier alpha value is -1.20. The summed E-state index contributed by atoms with van der Waals surface area (Å²) in [5.41, 5.74) is 0. The first-order valence-corrected chi connectivity index (χ1v) is 22.0. The molecule has 0 bridgehead atoms. The minimum absolute atomic E-state index is 0.247. The Bertz CT molecular complexity index is 1030. The van der Waals surface area contributed by atoms with Gasteiger partial charge in [-0.15, -0.1) is 0 Å². The number of unbranched alkanes of at least 4 members (excludes halogenated alkanes) is 21. The average molecular weight is 782 g/mol. The van der Waals surface area contributed by atoms with Crippen molar-refractivity contribution in [2.45, 2.75) is 217 Å². The molecule has 0 aliphatic carbocycles. The van der Waals surface area contributed by atoms with E-state index in [0.717, 1.165) is 38.5 Å². The zero-order valence-corrected chi connectivity index (χ0v) is 33.5. The zero-order chi connectivity index (χ0) is 39.3. The third-order valence-electron chi connectivity index (χ3n) is 9.93. The largest absolute Gasteiger partial charge is 0.397 e. The summed E-state index contributed by atoms with van der Waals surface area (Å²) in [6, 6.07) is -1.11. The molecular weight excluding hydrogens is 706 g/mol. The van der Waals surface area contributed by atoms with Crippen LogP contribution in [-0.2, 0) is 28.9 Å². The molecule has 0 aromatic heterocycles. The molecule has 7 N–H and O–H groups in total. The highest BCUT2D eigenvalue weighted by molar-refractivity contribution is 7.80. The minimum Gasteiger partial charge on any atom is -0.394 e. The summed E-state index contributed by atoms with van der Waals surface area (Å²) in [6.45, 7) is 3.17. The van der Waals surface area contributed by atoms with Gasteiger partial charge in [0.2, 0.25) is 5.91 Å². The van der Waals surface area contributed by atoms with E-state index in [9.17, 15) is 38.7 Å². The van der Waals surface area contributed by atoms with Gasteiger partial charge in [-0.25, -0.2) is 4.18 Å². The molecule has 0 spiro atoms. The molecule has 53 heavy (non-hydrogen) atoms. The van der Waals surface area contributed by atoms with Crippen LogP contribution in [0.5, 0.6) is 0 Å². The first kappa shape index (κ1) is 49.8. The number of carbonyl (C=O) groups excluding carboxylic acids is 1. The number of carbonyl (C=O) groups is 1. The molecule has 1 aliphatic rings. The van der Waals surface area contributed by atoms with E-state index >= 15 is 0 Å². The first-order chi connectivity index (χ1) is 25.4. The molecule has 1 amide bonds. The number of amides is 1. The minimum atomic E-state index is -5.11. The first-order valence-electron chi connectivity index (χ1n) is 20.7. The number of allylic oxidation sites excluding steroid dienone is 1. The van der Waals surface area contributed by atoms with Crippen LogP contribution in [0.25, 0.3) is 0 Å². The van der Waals surface area contributed by atoms with E-state index in [1.807, 2.05) is 6.08 Å². The van der Waals surface area contributed by atoms with Crippen molar-refractivity contribution in [3.63, 3.8) is 0 Å². The molecule has 1 aliphatic heterocycles. The second-order valence-corrected chi connectivity index (χ2v) is 15.8. The fourth-order valence-corrected chi connectivity index (χ4v) is 7.09. The van der Waals surface area contributed by atoms with Crippen molar-refractivity contribution in [1.82, 2.24) is 5.32 Å². The zero-order valence-electron chi connectivity index (χ0n) is 32.7. The molecule has 0 aromatic carbocycles. The number of nitrogens with one attached hydrogen (secondary N) is 1. The number of rotatable bonds is 34. The van der Waals surface area contributed by atoms with Crippen LogP contribution in [0.3, 0.4) is 0 Å². The van der Waals surface area contributed by atoms with E-state index in [2.05, 4.69) is 23.3 Å². The Morgan fingerprint density at radius 2 is 1.23 bits per heavy atom. The van der Waals surface area contributed by atoms with E-state index in [4.69, 9.17) is 14.0 Å². The van der Waals surface area contributed by atoms with Crippen LogP contribution >= 0.6 is 0 Å². The lowest BCUT2D eigenvalue weighted by atomic mass is 9.99. The summed E-state index contributed by atoms with van der Waals surface area (Å²) in [5.74, 6) is -0.704. The van der Waals surface area contributed by atoms with Crippen molar-refractivity contribution in [3.05, 3.63) is 12.2 Å². The van der Waals surface area contributed by atoms with Gasteiger partial charge in [0.05, 0.1) is 25.4 Å². The topological polar surface area (TPSA) is 212 Å². The molecule has 1 fully saturated rings. The van der Waals surface area contributed by atoms with E-state index in [-0.39, 0.29) is 6.42 Å². The van der Waals surface area contributed by atoms with Gasteiger partial charge in [0, 0.05) is 0 Å². The molecule has 314 valence electrons. The lowest BCUT2D eigenvalue weighted by molar-refractivity contribution is -0.298. The van der Waals surface area contributed by atoms with Crippen LogP contribution in [0.2, 0.25) is 0 Å². The van der Waals surface area contributed by atoms with Crippen molar-refractivity contribution in [2.75, 3.05) is 13.2 Å². The highest BCUT2D eigenvalue weighted by Crippen LogP contribution is 2.26. The maximum absolute atomic E-state index is 13.0. The van der Waals surface area contributed by atoms with Crippen molar-refractivity contribution < 1.29 is 57.0 Å². The van der Waals surface area contributed by atoms with Crippen LogP contribution in [-0.4, -0.2) is 107 Å². The number of hydrogen-bond acceptors (Lipinski definition) is 11. The Balaban J connectivity index is 2.68. The van der Waals surface area contributed by atoms with Crippen molar-refractivity contribution in [3.8, 4) is 0 Å². The quantitative estimate of drug-likeness (QED) is 0.0235. The van der Waals surface area contributed by atoms with Gasteiger partial charge >= 0.3 is 10.4 Å². The summed E-state index contributed by atoms with van der Waals surface area (Å²) in [6.07, 6.45) is 18.8. The molecule has 0 aromatic rings. The van der Waals surface area contributed by atoms with E-state index in [1.54, 1.807) is 0 Å². The molecule has 0 radical (unpaired) electrons. The average Bonchev–Trinajstić information content (AvgIpc) is 3.12. The molecule has 8 atom stereocenters. The lowest BCUT2D eigenvalue weighted by Gasteiger charge is -2.41. The number of ether oxygens (including phenoxy) is 2.